The highest BCUT2D eigenvalue weighted by molar-refractivity contribution is 6.24. The number of carbonyl (C=O) groups excluding carboxylic acids is 2. The third-order valence-corrected chi connectivity index (χ3v) is 4.31. The second kappa shape index (κ2) is 5.81. The number of hydrogen-bond donors (Lipinski definition) is 1. The highest BCUT2D eigenvalue weighted by Gasteiger charge is 2.39. The van der Waals surface area contributed by atoms with Crippen molar-refractivity contribution in [2.24, 2.45) is 0 Å². The van der Waals surface area contributed by atoms with Gasteiger partial charge in [-0.1, -0.05) is 66.7 Å². The fraction of sp³-hybridized carbons (Fsp3) is 0.100. The van der Waals surface area contributed by atoms with E-state index in [4.69, 9.17) is 0 Å². The fourth-order valence-corrected chi connectivity index (χ4v) is 3.15. The summed E-state index contributed by atoms with van der Waals surface area (Å²) in [6.45, 7) is 0. The number of urea groups is 1. The van der Waals surface area contributed by atoms with Gasteiger partial charge in [0.15, 0.2) is 0 Å². The summed E-state index contributed by atoms with van der Waals surface area (Å²) in [7, 11) is 0. The molecule has 1 fully saturated rings. The Balaban J connectivity index is 1.68. The van der Waals surface area contributed by atoms with Gasteiger partial charge in [0, 0.05) is 11.8 Å². The predicted molar refractivity (Wildman–Crippen MR) is 93.9 cm³/mol. The molecular formula is C20H16N2O2. The molecule has 1 heterocycles. The molecule has 4 rings (SSSR count). The molecule has 0 saturated carbocycles. The van der Waals surface area contributed by atoms with Crippen LogP contribution in [-0.2, 0) is 11.2 Å². The number of fused-ring (bicyclic) bond motifs is 1. The van der Waals surface area contributed by atoms with Gasteiger partial charge in [0.1, 0.15) is 6.04 Å². The first-order valence-electron chi connectivity index (χ1n) is 7.90. The van der Waals surface area contributed by atoms with Crippen molar-refractivity contribution in [2.45, 2.75) is 12.5 Å². The largest absolute Gasteiger partial charge is 0.329 e. The van der Waals surface area contributed by atoms with E-state index in [-0.39, 0.29) is 11.9 Å². The number of nitrogens with one attached hydrogen (secondary N) is 1. The molecule has 0 bridgehead atoms. The molecule has 3 amide bonds. The number of amides is 3. The Bertz CT molecular complexity index is 916. The Kier molecular flexibility index (Phi) is 3.50. The van der Waals surface area contributed by atoms with Crippen LogP contribution in [0.25, 0.3) is 10.8 Å². The van der Waals surface area contributed by atoms with Crippen LogP contribution in [0.15, 0.2) is 72.8 Å². The first kappa shape index (κ1) is 14.5. The van der Waals surface area contributed by atoms with Crippen LogP contribution >= 0.6 is 0 Å². The van der Waals surface area contributed by atoms with E-state index in [1.54, 1.807) is 0 Å². The Labute approximate surface area is 139 Å². The van der Waals surface area contributed by atoms with Crippen molar-refractivity contribution in [3.05, 3.63) is 78.4 Å². The fourth-order valence-electron chi connectivity index (χ4n) is 3.15. The molecule has 4 nitrogen and oxygen atoms in total. The molecule has 1 aliphatic rings. The van der Waals surface area contributed by atoms with Gasteiger partial charge in [-0.15, -0.1) is 0 Å². The van der Waals surface area contributed by atoms with E-state index < -0.39 is 6.04 Å². The molecule has 0 radical (unpaired) electrons. The Hall–Kier alpha value is -3.14. The van der Waals surface area contributed by atoms with Crippen molar-refractivity contribution in [3.8, 4) is 0 Å². The number of carbonyl (C=O) groups is 2. The number of anilines is 1. The summed E-state index contributed by atoms with van der Waals surface area (Å²) in [5.41, 5.74) is 1.65. The standard InChI is InChI=1S/C20H16N2O2/c23-19-17(13-14-7-2-1-3-8-14)21-20(24)22(19)18-12-6-10-15-9-4-5-11-16(15)18/h1-12,17H,13H2,(H,21,24). The Morgan fingerprint density at radius 2 is 1.54 bits per heavy atom. The van der Waals surface area contributed by atoms with Gasteiger partial charge in [-0.25, -0.2) is 9.69 Å². The van der Waals surface area contributed by atoms with E-state index in [2.05, 4.69) is 5.32 Å². The third kappa shape index (κ3) is 2.42. The lowest BCUT2D eigenvalue weighted by atomic mass is 10.1. The third-order valence-electron chi connectivity index (χ3n) is 4.31. The highest BCUT2D eigenvalue weighted by atomic mass is 16.2. The molecular weight excluding hydrogens is 300 g/mol. The lowest BCUT2D eigenvalue weighted by Crippen LogP contribution is -2.32. The van der Waals surface area contributed by atoms with Gasteiger partial charge < -0.3 is 5.32 Å². The summed E-state index contributed by atoms with van der Waals surface area (Å²) in [6, 6.07) is 22.2. The maximum atomic E-state index is 12.8. The minimum absolute atomic E-state index is 0.208. The molecule has 118 valence electrons. The first-order valence-corrected chi connectivity index (χ1v) is 7.90. The van der Waals surface area contributed by atoms with Crippen LogP contribution in [0.1, 0.15) is 5.56 Å². The van der Waals surface area contributed by atoms with Crippen molar-refractivity contribution in [3.63, 3.8) is 0 Å². The van der Waals surface area contributed by atoms with E-state index in [9.17, 15) is 9.59 Å². The van der Waals surface area contributed by atoms with Crippen LogP contribution in [0.5, 0.6) is 0 Å². The van der Waals surface area contributed by atoms with Crippen LogP contribution in [0.2, 0.25) is 0 Å². The molecule has 0 aliphatic carbocycles. The molecule has 3 aromatic rings. The van der Waals surface area contributed by atoms with Crippen molar-refractivity contribution < 1.29 is 9.59 Å². The lowest BCUT2D eigenvalue weighted by Gasteiger charge is -2.15. The number of nitrogens with zero attached hydrogens (tertiary/aromatic N) is 1. The van der Waals surface area contributed by atoms with Crippen LogP contribution < -0.4 is 10.2 Å². The van der Waals surface area contributed by atoms with Gasteiger partial charge in [0.25, 0.3) is 5.91 Å². The zero-order chi connectivity index (χ0) is 16.5. The number of rotatable bonds is 3. The van der Waals surface area contributed by atoms with E-state index in [0.717, 1.165) is 16.3 Å². The minimum atomic E-state index is -0.529. The number of imide groups is 1. The zero-order valence-corrected chi connectivity index (χ0v) is 13.0. The van der Waals surface area contributed by atoms with Crippen LogP contribution in [0.4, 0.5) is 10.5 Å². The molecule has 3 aromatic carbocycles. The SMILES string of the molecule is O=C1NC(Cc2ccccc2)C(=O)N1c1cccc2ccccc12. The topological polar surface area (TPSA) is 49.4 Å². The van der Waals surface area contributed by atoms with E-state index in [0.29, 0.717) is 12.1 Å². The van der Waals surface area contributed by atoms with Crippen LogP contribution in [0.3, 0.4) is 0 Å². The second-order valence-electron chi connectivity index (χ2n) is 5.86. The van der Waals surface area contributed by atoms with Gasteiger partial charge in [0.05, 0.1) is 5.69 Å². The maximum absolute atomic E-state index is 12.8. The van der Waals surface area contributed by atoms with Crippen LogP contribution in [0, 0.1) is 0 Å². The molecule has 1 atom stereocenters. The summed E-state index contributed by atoms with van der Waals surface area (Å²) in [6.07, 6.45) is 0.493. The summed E-state index contributed by atoms with van der Waals surface area (Å²) in [5, 5.41) is 4.70. The molecule has 24 heavy (non-hydrogen) atoms. The smallest absolute Gasteiger partial charge is 0.325 e. The van der Waals surface area contributed by atoms with Crippen molar-refractivity contribution in [1.82, 2.24) is 5.32 Å². The molecule has 1 aliphatic heterocycles. The maximum Gasteiger partial charge on any atom is 0.329 e. The predicted octanol–water partition coefficient (Wildman–Crippen LogP) is 3.51. The number of hydrogen-bond acceptors (Lipinski definition) is 2. The summed E-state index contributed by atoms with van der Waals surface area (Å²) >= 11 is 0. The Morgan fingerprint density at radius 3 is 2.38 bits per heavy atom. The second-order valence-corrected chi connectivity index (χ2v) is 5.86. The highest BCUT2D eigenvalue weighted by Crippen LogP contribution is 2.29. The lowest BCUT2D eigenvalue weighted by molar-refractivity contribution is -0.118. The average Bonchev–Trinajstić information content (AvgIpc) is 2.89. The zero-order valence-electron chi connectivity index (χ0n) is 13.0. The van der Waals surface area contributed by atoms with E-state index >= 15 is 0 Å². The van der Waals surface area contributed by atoms with Crippen molar-refractivity contribution >= 4 is 28.4 Å². The van der Waals surface area contributed by atoms with Gasteiger partial charge >= 0.3 is 6.03 Å². The monoisotopic (exact) mass is 316 g/mol. The van der Waals surface area contributed by atoms with Gasteiger partial charge in [0.2, 0.25) is 0 Å². The quantitative estimate of drug-likeness (QED) is 0.752. The first-order chi connectivity index (χ1) is 11.7. The number of benzene rings is 3. The molecule has 0 spiro atoms. The molecule has 1 saturated heterocycles. The normalized spacial score (nSPS) is 17.3. The van der Waals surface area contributed by atoms with Gasteiger partial charge in [-0.3, -0.25) is 4.79 Å². The summed E-state index contributed by atoms with van der Waals surface area (Å²) in [5.74, 6) is -0.208. The molecule has 1 unspecified atom stereocenters. The molecule has 1 N–H and O–H groups in total. The van der Waals surface area contributed by atoms with Crippen molar-refractivity contribution in [1.29, 1.82) is 0 Å². The summed E-state index contributed by atoms with van der Waals surface area (Å²) in [4.78, 5) is 26.5. The average molecular weight is 316 g/mol. The summed E-state index contributed by atoms with van der Waals surface area (Å²) < 4.78 is 0. The van der Waals surface area contributed by atoms with Gasteiger partial charge in [-0.2, -0.15) is 0 Å². The van der Waals surface area contributed by atoms with Crippen molar-refractivity contribution in [2.75, 3.05) is 4.90 Å². The van der Waals surface area contributed by atoms with E-state index in [1.807, 2.05) is 72.8 Å². The molecule has 4 heteroatoms. The minimum Gasteiger partial charge on any atom is -0.325 e. The van der Waals surface area contributed by atoms with E-state index in [1.165, 1.54) is 4.90 Å². The van der Waals surface area contributed by atoms with Crippen LogP contribution in [-0.4, -0.2) is 18.0 Å². The van der Waals surface area contributed by atoms with Gasteiger partial charge in [-0.05, 0) is 17.0 Å². The molecule has 0 aromatic heterocycles. The Morgan fingerprint density at radius 1 is 0.833 bits per heavy atom.